The van der Waals surface area contributed by atoms with Crippen molar-refractivity contribution in [3.8, 4) is 5.75 Å². The van der Waals surface area contributed by atoms with E-state index in [0.717, 1.165) is 33.0 Å². The number of nitrogens with one attached hydrogen (secondary N) is 1. The van der Waals surface area contributed by atoms with E-state index in [1.54, 1.807) is 43.6 Å². The van der Waals surface area contributed by atoms with E-state index in [1.165, 1.54) is 11.5 Å². The predicted octanol–water partition coefficient (Wildman–Crippen LogP) is 5.84. The Bertz CT molecular complexity index is 1460. The number of hydrogen-bond donors (Lipinski definition) is 3. The Morgan fingerprint density at radius 3 is 2.38 bits per heavy atom. The van der Waals surface area contributed by atoms with Gasteiger partial charge in [0, 0.05) is 18.8 Å². The van der Waals surface area contributed by atoms with Crippen LogP contribution in [0.5, 0.6) is 5.75 Å². The molecule has 0 fully saturated rings. The van der Waals surface area contributed by atoms with Crippen molar-refractivity contribution in [2.75, 3.05) is 11.1 Å². The van der Waals surface area contributed by atoms with Gasteiger partial charge >= 0.3 is 5.00 Å². The first-order valence-electron chi connectivity index (χ1n) is 9.73. The second-order valence-electron chi connectivity index (χ2n) is 6.42. The highest BCUT2D eigenvalue weighted by Crippen LogP contribution is 2.31. The van der Waals surface area contributed by atoms with Gasteiger partial charge in [-0.25, -0.2) is 9.97 Å². The number of nitrogen functional groups attached to an aromatic ring is 1. The number of phenols is 1. The SMILES string of the molecule is CCC(=O)Nc1cccc(Cl)c1O.N#[N+]c1snc2ncccc12.Nc1snc2ncccc12. The Kier molecular flexibility index (Phi) is 8.58. The molecule has 0 aliphatic carbocycles. The summed E-state index contributed by atoms with van der Waals surface area (Å²) in [6.07, 6.45) is 3.73. The zero-order chi connectivity index (χ0) is 24.5. The van der Waals surface area contributed by atoms with Crippen LogP contribution in [0.3, 0.4) is 0 Å². The molecule has 5 aromatic rings. The molecule has 4 aromatic heterocycles. The van der Waals surface area contributed by atoms with Crippen LogP contribution in [-0.4, -0.2) is 29.7 Å². The van der Waals surface area contributed by atoms with Crippen molar-refractivity contribution in [1.29, 1.82) is 5.39 Å². The molecule has 34 heavy (non-hydrogen) atoms. The van der Waals surface area contributed by atoms with Crippen LogP contribution in [0.4, 0.5) is 15.7 Å². The van der Waals surface area contributed by atoms with E-state index >= 15 is 0 Å². The average molecular weight is 514 g/mol. The number of fused-ring (bicyclic) bond motifs is 2. The zero-order valence-electron chi connectivity index (χ0n) is 17.7. The number of benzene rings is 1. The van der Waals surface area contributed by atoms with Crippen molar-refractivity contribution in [2.24, 2.45) is 0 Å². The topological polar surface area (TPSA) is 155 Å². The van der Waals surface area contributed by atoms with E-state index < -0.39 is 0 Å². The maximum absolute atomic E-state index is 11.0. The summed E-state index contributed by atoms with van der Waals surface area (Å²) in [5, 5.41) is 23.6. The van der Waals surface area contributed by atoms with Crippen LogP contribution in [0.1, 0.15) is 13.3 Å². The Balaban J connectivity index is 0.000000144. The van der Waals surface area contributed by atoms with Gasteiger partial charge in [-0.1, -0.05) is 24.6 Å². The highest BCUT2D eigenvalue weighted by molar-refractivity contribution is 7.12. The minimum atomic E-state index is -0.155. The molecule has 4 N–H and O–H groups in total. The van der Waals surface area contributed by atoms with Crippen molar-refractivity contribution >= 4 is 78.3 Å². The largest absolute Gasteiger partial charge is 0.504 e. The van der Waals surface area contributed by atoms with E-state index in [4.69, 9.17) is 22.7 Å². The molecule has 0 saturated heterocycles. The molecule has 0 aliphatic heterocycles. The number of aromatic hydroxyl groups is 1. The van der Waals surface area contributed by atoms with Crippen LogP contribution in [0.2, 0.25) is 5.02 Å². The fourth-order valence-electron chi connectivity index (χ4n) is 2.50. The highest BCUT2D eigenvalue weighted by Gasteiger charge is 2.15. The number of para-hydroxylation sites is 1. The van der Waals surface area contributed by atoms with Crippen LogP contribution in [0, 0.1) is 5.39 Å². The lowest BCUT2D eigenvalue weighted by Gasteiger charge is -2.06. The molecule has 172 valence electrons. The fourth-order valence-corrected chi connectivity index (χ4v) is 3.88. The van der Waals surface area contributed by atoms with Gasteiger partial charge in [-0.3, -0.25) is 4.79 Å². The summed E-state index contributed by atoms with van der Waals surface area (Å²) >= 11 is 8.06. The number of rotatable bonds is 2. The molecule has 13 heteroatoms. The monoisotopic (exact) mass is 513 g/mol. The Hall–Kier alpha value is -3.92. The van der Waals surface area contributed by atoms with Crippen LogP contribution < -0.4 is 11.1 Å². The summed E-state index contributed by atoms with van der Waals surface area (Å²) < 4.78 is 7.99. The number of carbonyl (C=O) groups excluding carboxylic acids is 1. The Morgan fingerprint density at radius 2 is 1.74 bits per heavy atom. The molecule has 1 aromatic carbocycles. The summed E-state index contributed by atoms with van der Waals surface area (Å²) in [5.41, 5.74) is 7.31. The number of nitrogens with two attached hydrogens (primary N) is 1. The maximum Gasteiger partial charge on any atom is 0.468 e. The molecular formula is C21H18ClN8O2S2+. The Labute approximate surface area is 207 Å². The third kappa shape index (κ3) is 6.10. The molecule has 1 amide bonds. The number of halogens is 1. The Morgan fingerprint density at radius 1 is 1.09 bits per heavy atom. The van der Waals surface area contributed by atoms with Gasteiger partial charge in [0.15, 0.2) is 22.0 Å². The first kappa shape index (κ1) is 24.7. The number of nitrogens with zero attached hydrogens (tertiary/aromatic N) is 6. The first-order chi connectivity index (χ1) is 16.4. The van der Waals surface area contributed by atoms with Crippen LogP contribution in [0.15, 0.2) is 54.9 Å². The van der Waals surface area contributed by atoms with Crippen LogP contribution in [-0.2, 0) is 4.79 Å². The van der Waals surface area contributed by atoms with Gasteiger partial charge in [0.05, 0.1) is 27.6 Å². The average Bonchev–Trinajstić information content (AvgIpc) is 3.46. The number of pyridine rings is 2. The van der Waals surface area contributed by atoms with Crippen molar-refractivity contribution in [1.82, 2.24) is 18.7 Å². The van der Waals surface area contributed by atoms with Gasteiger partial charge < -0.3 is 16.2 Å². The second-order valence-corrected chi connectivity index (χ2v) is 8.39. The molecule has 0 radical (unpaired) electrons. The smallest absolute Gasteiger partial charge is 0.468 e. The third-order valence-electron chi connectivity index (χ3n) is 4.19. The minimum absolute atomic E-state index is 0.0917. The first-order valence-corrected chi connectivity index (χ1v) is 11.7. The lowest BCUT2D eigenvalue weighted by molar-refractivity contribution is -0.115. The molecule has 0 spiro atoms. The van der Waals surface area contributed by atoms with E-state index in [-0.39, 0.29) is 16.7 Å². The number of diazo groups is 1. The lowest BCUT2D eigenvalue weighted by Crippen LogP contribution is -2.09. The van der Waals surface area contributed by atoms with Crippen LogP contribution in [0.25, 0.3) is 27.0 Å². The van der Waals surface area contributed by atoms with E-state index in [9.17, 15) is 9.90 Å². The van der Waals surface area contributed by atoms with Gasteiger partial charge in [-0.15, -0.1) is 0 Å². The van der Waals surface area contributed by atoms with Crippen molar-refractivity contribution in [3.63, 3.8) is 0 Å². The molecule has 0 bridgehead atoms. The number of aromatic nitrogens is 4. The van der Waals surface area contributed by atoms with Crippen molar-refractivity contribution < 1.29 is 9.90 Å². The number of anilines is 2. The van der Waals surface area contributed by atoms with Crippen molar-refractivity contribution in [3.05, 3.63) is 64.9 Å². The summed E-state index contributed by atoms with van der Waals surface area (Å²) in [6.45, 7) is 1.73. The molecule has 0 saturated carbocycles. The molecule has 0 aliphatic rings. The van der Waals surface area contributed by atoms with E-state index in [1.807, 2.05) is 18.2 Å². The molecule has 0 atom stereocenters. The second kappa shape index (κ2) is 11.8. The highest BCUT2D eigenvalue weighted by atomic mass is 35.5. The predicted molar refractivity (Wildman–Crippen MR) is 136 cm³/mol. The quantitative estimate of drug-likeness (QED) is 0.196. The molecule has 5 rings (SSSR count). The summed E-state index contributed by atoms with van der Waals surface area (Å²) in [6, 6.07) is 12.2. The molecule has 10 nitrogen and oxygen atoms in total. The van der Waals surface area contributed by atoms with Gasteiger partial charge in [-0.05, 0) is 47.9 Å². The normalized spacial score (nSPS) is 9.91. The summed E-state index contributed by atoms with van der Waals surface area (Å²) in [4.78, 5) is 22.1. The summed E-state index contributed by atoms with van der Waals surface area (Å²) in [5.74, 6) is -0.247. The van der Waals surface area contributed by atoms with E-state index in [0.29, 0.717) is 22.8 Å². The summed E-state index contributed by atoms with van der Waals surface area (Å²) in [7, 11) is 0. The van der Waals surface area contributed by atoms with Gasteiger partial charge in [0.2, 0.25) is 11.3 Å². The number of carbonyl (C=O) groups is 1. The molecule has 0 unspecified atom stereocenters. The molecular weight excluding hydrogens is 496 g/mol. The van der Waals surface area contributed by atoms with Crippen molar-refractivity contribution in [2.45, 2.75) is 13.3 Å². The van der Waals surface area contributed by atoms with Crippen LogP contribution >= 0.6 is 34.7 Å². The van der Waals surface area contributed by atoms with Gasteiger partial charge in [0.1, 0.15) is 10.4 Å². The number of phenolic OH excluding ortho intramolecular Hbond substituents is 1. The minimum Gasteiger partial charge on any atom is -0.504 e. The number of hydrogen-bond acceptors (Lipinski definition) is 10. The third-order valence-corrected chi connectivity index (χ3v) is 5.92. The zero-order valence-corrected chi connectivity index (χ0v) is 20.1. The van der Waals surface area contributed by atoms with Gasteiger partial charge in [0.25, 0.3) is 0 Å². The van der Waals surface area contributed by atoms with E-state index in [2.05, 4.69) is 29.0 Å². The maximum atomic E-state index is 11.0. The lowest BCUT2D eigenvalue weighted by atomic mass is 10.3. The van der Waals surface area contributed by atoms with Gasteiger partial charge in [-0.2, -0.15) is 8.75 Å². The fraction of sp³-hybridized carbons (Fsp3) is 0.0952. The molecule has 4 heterocycles. The number of amides is 1. The standard InChI is InChI=1S/C9H10ClNO2.C6H3N4S.C6H5N3S/c1-2-8(12)11-7-5-3-4-6(10)9(7)13;7-9-6-4-2-1-3-8-5(4)10-11-6;7-5-4-2-1-3-8-6(4)9-10-5/h3-5,13H,2H2,1H3,(H,11,12);1-3H;1-3H,7H2/q;+1;.